The second-order valence-corrected chi connectivity index (χ2v) is 5.95. The number of carboxylic acids is 1. The number of nitrogens with zero attached hydrogens (tertiary/aromatic N) is 2. The van der Waals surface area contributed by atoms with E-state index in [-0.39, 0.29) is 35.6 Å². The number of benzene rings is 2. The van der Waals surface area contributed by atoms with E-state index in [9.17, 15) is 13.6 Å². The number of nitriles is 1. The first-order valence-electron chi connectivity index (χ1n) is 8.25. The molecule has 28 heavy (non-hydrogen) atoms. The van der Waals surface area contributed by atoms with E-state index in [0.29, 0.717) is 11.3 Å². The number of rotatable bonds is 6. The van der Waals surface area contributed by atoms with Gasteiger partial charge in [-0.1, -0.05) is 18.2 Å². The lowest BCUT2D eigenvalue weighted by atomic mass is 10.1. The lowest BCUT2D eigenvalue weighted by Gasteiger charge is -2.09. The molecule has 1 N–H and O–H groups in total. The predicted molar refractivity (Wildman–Crippen MR) is 96.4 cm³/mol. The van der Waals surface area contributed by atoms with Crippen molar-refractivity contribution in [3.05, 3.63) is 82.9 Å². The molecule has 0 bridgehead atoms. The summed E-state index contributed by atoms with van der Waals surface area (Å²) >= 11 is 0. The van der Waals surface area contributed by atoms with Crippen molar-refractivity contribution >= 4 is 5.97 Å². The van der Waals surface area contributed by atoms with Gasteiger partial charge in [0.15, 0.2) is 0 Å². The summed E-state index contributed by atoms with van der Waals surface area (Å²) in [5.41, 5.74) is 1.32. The maximum atomic E-state index is 14.3. The fourth-order valence-electron chi connectivity index (χ4n) is 2.58. The van der Waals surface area contributed by atoms with E-state index in [1.54, 1.807) is 18.2 Å². The van der Waals surface area contributed by atoms with Gasteiger partial charge < -0.3 is 9.84 Å². The molecule has 1 heterocycles. The second-order valence-electron chi connectivity index (χ2n) is 5.95. The normalized spacial score (nSPS) is 10.3. The number of aromatic nitrogens is 1. The van der Waals surface area contributed by atoms with Gasteiger partial charge in [-0.05, 0) is 35.9 Å². The van der Waals surface area contributed by atoms with Gasteiger partial charge in [0.25, 0.3) is 0 Å². The molecule has 3 aromatic rings. The van der Waals surface area contributed by atoms with Crippen LogP contribution < -0.4 is 4.74 Å². The van der Waals surface area contributed by atoms with Gasteiger partial charge in [0.2, 0.25) is 5.88 Å². The molecule has 0 aliphatic heterocycles. The summed E-state index contributed by atoms with van der Waals surface area (Å²) in [6.07, 6.45) is -0.274. The van der Waals surface area contributed by atoms with Crippen LogP contribution in [0.5, 0.6) is 5.88 Å². The highest BCUT2D eigenvalue weighted by Gasteiger charge is 2.11. The van der Waals surface area contributed by atoms with Crippen molar-refractivity contribution in [3.8, 4) is 23.2 Å². The molecule has 0 atom stereocenters. The van der Waals surface area contributed by atoms with Crippen LogP contribution >= 0.6 is 0 Å². The molecule has 0 saturated carbocycles. The van der Waals surface area contributed by atoms with Gasteiger partial charge in [-0.3, -0.25) is 4.79 Å². The third-order valence-corrected chi connectivity index (χ3v) is 3.95. The van der Waals surface area contributed by atoms with E-state index in [2.05, 4.69) is 4.98 Å². The van der Waals surface area contributed by atoms with Crippen molar-refractivity contribution < 1.29 is 23.4 Å². The Kier molecular flexibility index (Phi) is 5.61. The first-order chi connectivity index (χ1) is 13.5. The van der Waals surface area contributed by atoms with Crippen molar-refractivity contribution in [2.45, 2.75) is 13.0 Å². The molecule has 5 nitrogen and oxygen atoms in total. The SMILES string of the molecule is N#Cc1ccc(COc2cccc(-c3ccc(CC(=O)O)cc3F)n2)c(F)c1. The third-order valence-electron chi connectivity index (χ3n) is 3.95. The molecule has 0 aliphatic rings. The summed E-state index contributed by atoms with van der Waals surface area (Å²) in [7, 11) is 0. The van der Waals surface area contributed by atoms with E-state index in [1.807, 2.05) is 6.07 Å². The summed E-state index contributed by atoms with van der Waals surface area (Å²) in [4.78, 5) is 15.0. The minimum atomic E-state index is -1.05. The van der Waals surface area contributed by atoms with E-state index in [4.69, 9.17) is 15.1 Å². The van der Waals surface area contributed by atoms with E-state index in [0.717, 1.165) is 12.1 Å². The molecule has 0 unspecified atom stereocenters. The minimum absolute atomic E-state index is 0.103. The summed E-state index contributed by atoms with van der Waals surface area (Å²) in [6, 6.07) is 14.8. The first kappa shape index (κ1) is 19.0. The monoisotopic (exact) mass is 380 g/mol. The van der Waals surface area contributed by atoms with Gasteiger partial charge in [0.05, 0.1) is 23.7 Å². The van der Waals surface area contributed by atoms with Gasteiger partial charge in [-0.15, -0.1) is 0 Å². The molecule has 1 aromatic heterocycles. The summed E-state index contributed by atoms with van der Waals surface area (Å²) in [5.74, 6) is -2.03. The Bertz CT molecular complexity index is 1080. The average molecular weight is 380 g/mol. The standard InChI is InChI=1S/C21H14F2N2O3/c22-17-9-14(11-24)4-6-15(17)12-28-20-3-1-2-19(25-20)16-7-5-13(8-18(16)23)10-21(26)27/h1-9H,10,12H2,(H,26,27). The highest BCUT2D eigenvalue weighted by molar-refractivity contribution is 5.71. The lowest BCUT2D eigenvalue weighted by Crippen LogP contribution is -2.02. The zero-order valence-electron chi connectivity index (χ0n) is 14.5. The largest absolute Gasteiger partial charge is 0.481 e. The molecular weight excluding hydrogens is 366 g/mol. The Morgan fingerprint density at radius 2 is 1.93 bits per heavy atom. The fraction of sp³-hybridized carbons (Fsp3) is 0.0952. The number of halogens is 2. The number of aliphatic carboxylic acids is 1. The molecular formula is C21H14F2N2O3. The number of hydrogen-bond acceptors (Lipinski definition) is 4. The van der Waals surface area contributed by atoms with Crippen LogP contribution in [0, 0.1) is 23.0 Å². The molecule has 7 heteroatoms. The zero-order valence-corrected chi connectivity index (χ0v) is 14.5. The fourth-order valence-corrected chi connectivity index (χ4v) is 2.58. The van der Waals surface area contributed by atoms with Gasteiger partial charge in [0.1, 0.15) is 18.2 Å². The van der Waals surface area contributed by atoms with E-state index < -0.39 is 17.6 Å². The molecule has 0 saturated heterocycles. The number of carbonyl (C=O) groups is 1. The van der Waals surface area contributed by atoms with Crippen molar-refractivity contribution in [2.75, 3.05) is 0 Å². The number of pyridine rings is 1. The smallest absolute Gasteiger partial charge is 0.307 e. The van der Waals surface area contributed by atoms with Crippen LogP contribution in [0.4, 0.5) is 8.78 Å². The van der Waals surface area contributed by atoms with Crippen LogP contribution in [0.1, 0.15) is 16.7 Å². The maximum Gasteiger partial charge on any atom is 0.307 e. The Labute approximate surface area is 159 Å². The molecule has 0 fully saturated rings. The molecule has 0 spiro atoms. The van der Waals surface area contributed by atoms with Crippen LogP contribution in [-0.2, 0) is 17.8 Å². The van der Waals surface area contributed by atoms with Crippen LogP contribution in [-0.4, -0.2) is 16.1 Å². The molecule has 3 rings (SSSR count). The Morgan fingerprint density at radius 3 is 2.61 bits per heavy atom. The number of ether oxygens (including phenoxy) is 1. The summed E-state index contributed by atoms with van der Waals surface area (Å²) in [6.45, 7) is -0.103. The highest BCUT2D eigenvalue weighted by Crippen LogP contribution is 2.24. The van der Waals surface area contributed by atoms with Crippen LogP contribution in [0.15, 0.2) is 54.6 Å². The molecule has 0 radical (unpaired) electrons. The van der Waals surface area contributed by atoms with Crippen LogP contribution in [0.2, 0.25) is 0 Å². The summed E-state index contributed by atoms with van der Waals surface area (Å²) < 4.78 is 33.8. The lowest BCUT2D eigenvalue weighted by molar-refractivity contribution is -0.136. The third kappa shape index (κ3) is 4.48. The first-order valence-corrected chi connectivity index (χ1v) is 8.25. The quantitative estimate of drug-likeness (QED) is 0.696. The van der Waals surface area contributed by atoms with Gasteiger partial charge in [0, 0.05) is 17.2 Å². The van der Waals surface area contributed by atoms with Crippen molar-refractivity contribution in [2.24, 2.45) is 0 Å². The van der Waals surface area contributed by atoms with Crippen LogP contribution in [0.3, 0.4) is 0 Å². The molecule has 0 amide bonds. The van der Waals surface area contributed by atoms with Gasteiger partial charge >= 0.3 is 5.97 Å². The molecule has 140 valence electrons. The van der Waals surface area contributed by atoms with Crippen molar-refractivity contribution in [3.63, 3.8) is 0 Å². The minimum Gasteiger partial charge on any atom is -0.481 e. The number of carboxylic acid groups (broad SMARTS) is 1. The molecule has 0 aliphatic carbocycles. The topological polar surface area (TPSA) is 83.2 Å². The van der Waals surface area contributed by atoms with E-state index >= 15 is 0 Å². The van der Waals surface area contributed by atoms with Crippen LogP contribution in [0.25, 0.3) is 11.3 Å². The zero-order chi connectivity index (χ0) is 20.1. The Balaban J connectivity index is 1.77. The highest BCUT2D eigenvalue weighted by atomic mass is 19.1. The number of hydrogen-bond donors (Lipinski definition) is 1. The second kappa shape index (κ2) is 8.27. The Morgan fingerprint density at radius 1 is 1.11 bits per heavy atom. The van der Waals surface area contributed by atoms with E-state index in [1.165, 1.54) is 24.3 Å². The van der Waals surface area contributed by atoms with Gasteiger partial charge in [-0.2, -0.15) is 5.26 Å². The van der Waals surface area contributed by atoms with Gasteiger partial charge in [-0.25, -0.2) is 13.8 Å². The maximum absolute atomic E-state index is 14.3. The average Bonchev–Trinajstić information content (AvgIpc) is 2.67. The molecule has 2 aromatic carbocycles. The van der Waals surface area contributed by atoms with Crippen molar-refractivity contribution in [1.82, 2.24) is 4.98 Å². The Hall–Kier alpha value is -3.79. The summed E-state index contributed by atoms with van der Waals surface area (Å²) in [5, 5.41) is 17.6. The predicted octanol–water partition coefficient (Wildman–Crippen LogP) is 4.10. The van der Waals surface area contributed by atoms with Crippen molar-refractivity contribution in [1.29, 1.82) is 5.26 Å².